The molecule has 0 saturated carbocycles. The summed E-state index contributed by atoms with van der Waals surface area (Å²) < 4.78 is 28.1. The maximum Gasteiger partial charge on any atom is 0.333 e. The van der Waals surface area contributed by atoms with Crippen LogP contribution in [0.2, 0.25) is 0 Å². The second-order valence-electron chi connectivity index (χ2n) is 8.54. The van der Waals surface area contributed by atoms with E-state index in [0.717, 1.165) is 4.90 Å². The summed E-state index contributed by atoms with van der Waals surface area (Å²) in [7, 11) is -3.83. The number of amides is 4. The van der Waals surface area contributed by atoms with E-state index >= 15 is 0 Å². The number of imide groups is 2. The number of nitrogens with zero attached hydrogens (tertiary/aromatic N) is 4. The van der Waals surface area contributed by atoms with E-state index in [1.54, 1.807) is 0 Å². The van der Waals surface area contributed by atoms with Gasteiger partial charge in [0.05, 0.1) is 6.54 Å². The number of carbonyl (C=O) groups excluding carboxylic acids is 6. The Labute approximate surface area is 212 Å². The second kappa shape index (κ2) is 12.5. The van der Waals surface area contributed by atoms with Crippen LogP contribution in [0.5, 0.6) is 0 Å². The van der Waals surface area contributed by atoms with Crippen molar-refractivity contribution in [3.63, 3.8) is 0 Å². The first-order chi connectivity index (χ1) is 17.6. The number of hydroxylamine groups is 2. The molecule has 3 fully saturated rings. The normalized spacial score (nSPS) is 21.2. The third-order valence-corrected chi connectivity index (χ3v) is 6.49. The fourth-order valence-corrected chi connectivity index (χ4v) is 4.53. The molecular formula is C21H28N6O9S. The van der Waals surface area contributed by atoms with Crippen LogP contribution in [0.4, 0.5) is 0 Å². The minimum atomic E-state index is -3.83. The van der Waals surface area contributed by atoms with E-state index in [-0.39, 0.29) is 87.4 Å². The molecule has 37 heavy (non-hydrogen) atoms. The Morgan fingerprint density at radius 2 is 1.24 bits per heavy atom. The number of aliphatic imine (C=N–C) groups is 2. The lowest BCUT2D eigenvalue weighted by Crippen LogP contribution is -2.34. The first-order valence-electron chi connectivity index (χ1n) is 11.9. The van der Waals surface area contributed by atoms with E-state index < -0.39 is 28.0 Å². The number of unbranched alkanes of at least 4 members (excludes halogenated alkanes) is 2. The first kappa shape index (κ1) is 27.9. The van der Waals surface area contributed by atoms with Crippen LogP contribution >= 0.6 is 0 Å². The number of Topliss-reactive ketones (excluding diaryl/α,β-unsaturated/α-hetero) is 1. The Hall–Kier alpha value is -3.69. The SMILES string of the molecule is O=C(CCCCN=C1NS(=O)(=O)NC1=NCCCCC(=O)ON1C(=O)CCC1=O)CN1C(=O)CCC1=O. The molecule has 4 amide bonds. The number of rotatable bonds is 13. The molecule has 2 N–H and O–H groups in total. The van der Waals surface area contributed by atoms with Crippen LogP contribution in [0, 0.1) is 0 Å². The van der Waals surface area contributed by atoms with Crippen LogP contribution in [0.3, 0.4) is 0 Å². The van der Waals surface area contributed by atoms with Gasteiger partial charge in [-0.3, -0.25) is 38.9 Å². The van der Waals surface area contributed by atoms with Crippen molar-refractivity contribution in [2.45, 2.75) is 64.2 Å². The van der Waals surface area contributed by atoms with E-state index in [9.17, 15) is 37.2 Å². The number of ketones is 1. The van der Waals surface area contributed by atoms with Crippen molar-refractivity contribution in [3.8, 4) is 0 Å². The fraction of sp³-hybridized carbons (Fsp3) is 0.619. The number of likely N-dealkylation sites (tertiary alicyclic amines) is 1. The number of carbonyl (C=O) groups is 6. The molecule has 3 heterocycles. The number of hydrogen-bond acceptors (Lipinski definition) is 11. The molecule has 0 unspecified atom stereocenters. The molecule has 3 aliphatic rings. The van der Waals surface area contributed by atoms with Gasteiger partial charge in [-0.25, -0.2) is 14.2 Å². The van der Waals surface area contributed by atoms with Gasteiger partial charge in [0.1, 0.15) is 0 Å². The molecule has 15 nitrogen and oxygen atoms in total. The second-order valence-corrected chi connectivity index (χ2v) is 9.95. The van der Waals surface area contributed by atoms with Crippen LogP contribution in [-0.4, -0.2) is 85.1 Å². The van der Waals surface area contributed by atoms with Crippen LogP contribution in [0.1, 0.15) is 64.2 Å². The van der Waals surface area contributed by atoms with Gasteiger partial charge in [-0.15, -0.1) is 5.06 Å². The van der Waals surface area contributed by atoms with Crippen molar-refractivity contribution >= 4 is 57.3 Å². The van der Waals surface area contributed by atoms with Crippen LogP contribution in [0.25, 0.3) is 0 Å². The predicted octanol–water partition coefficient (Wildman–Crippen LogP) is -1.11. The van der Waals surface area contributed by atoms with Gasteiger partial charge in [-0.2, -0.15) is 8.42 Å². The Kier molecular flexibility index (Phi) is 9.43. The van der Waals surface area contributed by atoms with E-state index in [1.807, 2.05) is 0 Å². The summed E-state index contributed by atoms with van der Waals surface area (Å²) in [5.74, 6) is -2.69. The summed E-state index contributed by atoms with van der Waals surface area (Å²) in [4.78, 5) is 83.9. The average molecular weight is 541 g/mol. The number of amidine groups is 2. The molecule has 0 radical (unpaired) electrons. The standard InChI is InChI=1S/C21H28N6O9S/c28-14(13-26-15(29)7-8-16(26)30)5-1-3-11-22-20-21(25-37(34,35)24-20)23-12-4-2-6-19(33)36-27-17(31)9-10-18(27)32/h1-13H2,(H,22,24)(H,23,25). The Balaban J connectivity index is 1.36. The van der Waals surface area contributed by atoms with Gasteiger partial charge in [-0.05, 0) is 25.7 Å². The maximum atomic E-state index is 12.0. The predicted molar refractivity (Wildman–Crippen MR) is 126 cm³/mol. The molecule has 0 aromatic rings. The summed E-state index contributed by atoms with van der Waals surface area (Å²) in [6.45, 7) is 0.169. The van der Waals surface area contributed by atoms with Gasteiger partial charge in [0.25, 0.3) is 11.8 Å². The van der Waals surface area contributed by atoms with Gasteiger partial charge < -0.3 is 4.84 Å². The molecule has 0 bridgehead atoms. The van der Waals surface area contributed by atoms with E-state index in [1.165, 1.54) is 0 Å². The van der Waals surface area contributed by atoms with Crippen LogP contribution in [-0.2, 0) is 43.8 Å². The Morgan fingerprint density at radius 1 is 0.757 bits per heavy atom. The van der Waals surface area contributed by atoms with E-state index in [2.05, 4.69) is 19.4 Å². The highest BCUT2D eigenvalue weighted by Gasteiger charge is 2.33. The zero-order chi connectivity index (χ0) is 27.0. The zero-order valence-electron chi connectivity index (χ0n) is 20.1. The van der Waals surface area contributed by atoms with Crippen molar-refractivity contribution in [3.05, 3.63) is 0 Å². The third-order valence-electron chi connectivity index (χ3n) is 5.57. The van der Waals surface area contributed by atoms with Crippen molar-refractivity contribution < 1.29 is 42.0 Å². The maximum absolute atomic E-state index is 12.0. The summed E-state index contributed by atoms with van der Waals surface area (Å²) in [5.41, 5.74) is 0. The van der Waals surface area contributed by atoms with Gasteiger partial charge in [-0.1, -0.05) is 0 Å². The third kappa shape index (κ3) is 8.16. The highest BCUT2D eigenvalue weighted by Crippen LogP contribution is 2.14. The molecular weight excluding hydrogens is 512 g/mol. The molecule has 0 atom stereocenters. The lowest BCUT2D eigenvalue weighted by molar-refractivity contribution is -0.197. The topological polar surface area (TPSA) is 201 Å². The summed E-state index contributed by atoms with van der Waals surface area (Å²) in [5, 5.41) is 0.482. The highest BCUT2D eigenvalue weighted by atomic mass is 32.2. The van der Waals surface area contributed by atoms with Crippen molar-refractivity contribution in [1.29, 1.82) is 0 Å². The van der Waals surface area contributed by atoms with Crippen molar-refractivity contribution in [2.75, 3.05) is 19.6 Å². The minimum absolute atomic E-state index is 0.0125. The quantitative estimate of drug-likeness (QED) is 0.214. The zero-order valence-corrected chi connectivity index (χ0v) is 20.9. The molecule has 3 aliphatic heterocycles. The average Bonchev–Trinajstić information content (AvgIpc) is 3.43. The summed E-state index contributed by atoms with van der Waals surface area (Å²) in [6.07, 6.45) is 2.05. The molecule has 0 aromatic carbocycles. The number of nitrogens with one attached hydrogen (secondary N) is 2. The summed E-state index contributed by atoms with van der Waals surface area (Å²) in [6, 6.07) is 0. The van der Waals surface area contributed by atoms with Crippen LogP contribution < -0.4 is 9.44 Å². The molecule has 3 rings (SSSR count). The number of hydrogen-bond donors (Lipinski definition) is 2. The van der Waals surface area contributed by atoms with Gasteiger partial charge in [0.2, 0.25) is 11.8 Å². The van der Waals surface area contributed by atoms with Crippen LogP contribution in [0.15, 0.2) is 9.98 Å². The molecule has 202 valence electrons. The van der Waals surface area contributed by atoms with Crippen molar-refractivity contribution in [1.82, 2.24) is 19.4 Å². The monoisotopic (exact) mass is 540 g/mol. The van der Waals surface area contributed by atoms with Gasteiger partial charge >= 0.3 is 16.2 Å². The largest absolute Gasteiger partial charge is 0.333 e. The fourth-order valence-electron chi connectivity index (χ4n) is 3.65. The lowest BCUT2D eigenvalue weighted by Gasteiger charge is -2.12. The summed E-state index contributed by atoms with van der Waals surface area (Å²) >= 11 is 0. The molecule has 16 heteroatoms. The molecule has 0 aromatic heterocycles. The Bertz CT molecular complexity index is 1030. The highest BCUT2D eigenvalue weighted by molar-refractivity contribution is 7.89. The molecule has 3 saturated heterocycles. The first-order valence-corrected chi connectivity index (χ1v) is 13.4. The van der Waals surface area contributed by atoms with E-state index in [4.69, 9.17) is 4.84 Å². The van der Waals surface area contributed by atoms with Crippen molar-refractivity contribution in [2.24, 2.45) is 9.98 Å². The molecule has 0 spiro atoms. The minimum Gasteiger partial charge on any atom is -0.330 e. The lowest BCUT2D eigenvalue weighted by atomic mass is 10.1. The smallest absolute Gasteiger partial charge is 0.330 e. The van der Waals surface area contributed by atoms with Gasteiger partial charge in [0, 0.05) is 51.6 Å². The molecule has 0 aliphatic carbocycles. The Morgan fingerprint density at radius 3 is 1.78 bits per heavy atom. The van der Waals surface area contributed by atoms with E-state index in [0.29, 0.717) is 30.7 Å². The van der Waals surface area contributed by atoms with Gasteiger partial charge in [0.15, 0.2) is 17.5 Å².